The van der Waals surface area contributed by atoms with Crippen LogP contribution in [0.25, 0.3) is 0 Å². The molecule has 0 aromatic carbocycles. The molecule has 0 saturated heterocycles. The van der Waals surface area contributed by atoms with Crippen molar-refractivity contribution in [1.82, 2.24) is 0 Å². The highest BCUT2D eigenvalue weighted by molar-refractivity contribution is 6.53. The van der Waals surface area contributed by atoms with Gasteiger partial charge in [0.25, 0.3) is 0 Å². The zero-order valence-electron chi connectivity index (χ0n) is 22.0. The van der Waals surface area contributed by atoms with Gasteiger partial charge in [-0.15, -0.1) is 0 Å². The Morgan fingerprint density at radius 3 is 0.667 bits per heavy atom. The van der Waals surface area contributed by atoms with Crippen LogP contribution in [-0.2, 0) is 55.6 Å². The lowest BCUT2D eigenvalue weighted by Crippen LogP contribution is -2.57. The summed E-state index contributed by atoms with van der Waals surface area (Å²) in [6, 6.07) is 0. The fourth-order valence-corrected chi connectivity index (χ4v) is 4.57. The first-order valence-corrected chi connectivity index (χ1v) is 12.5. The Bertz CT molecular complexity index is 402. The summed E-state index contributed by atoms with van der Waals surface area (Å²) < 4.78 is 67.5. The topological polar surface area (TPSA) is 111 Å². The smallest absolute Gasteiger partial charge is 0.356 e. The first kappa shape index (κ1) is 32.7. The van der Waals surface area contributed by atoms with E-state index in [4.69, 9.17) is 55.6 Å². The molecule has 200 valence electrons. The second-order valence-corrected chi connectivity index (χ2v) is 8.94. The van der Waals surface area contributed by atoms with E-state index < -0.39 is 59.4 Å². The highest BCUT2D eigenvalue weighted by atomic mass is 28.4. The summed E-state index contributed by atoms with van der Waals surface area (Å²) in [6.07, 6.45) is -5.63. The monoisotopic (exact) mass is 504 g/mol. The molecule has 0 radical (unpaired) electrons. The van der Waals surface area contributed by atoms with Crippen LogP contribution in [0.1, 0.15) is 55.4 Å². The first-order valence-electron chi connectivity index (χ1n) is 10.8. The van der Waals surface area contributed by atoms with Crippen molar-refractivity contribution in [3.8, 4) is 0 Å². The van der Waals surface area contributed by atoms with Crippen molar-refractivity contribution in [3.05, 3.63) is 0 Å². The minimum Gasteiger partial charge on any atom is -0.356 e. The van der Waals surface area contributed by atoms with Crippen LogP contribution in [0.4, 0.5) is 0 Å². The van der Waals surface area contributed by atoms with Crippen molar-refractivity contribution in [3.63, 3.8) is 0 Å². The Hall–Kier alpha value is -0.263. The maximum Gasteiger partial charge on any atom is 0.687 e. The Balaban J connectivity index is 5.89. The normalized spacial score (nSPS) is 21.5. The zero-order valence-corrected chi connectivity index (χ0v) is 23.0. The standard InChI is InChI=1S/C20H44O12Si/c1-13(21-9)25-17(5)29-33(30-18(6)26-14(2)22-10,31-19(7)27-15(3)23-11)32-20(8)28-16(4)24-12/h13-20H,1-12H3. The molecule has 0 aromatic heterocycles. The molecule has 0 aromatic rings. The van der Waals surface area contributed by atoms with Crippen molar-refractivity contribution in [2.45, 2.75) is 106 Å². The molecule has 0 fully saturated rings. The van der Waals surface area contributed by atoms with Gasteiger partial charge in [0.2, 0.25) is 0 Å². The van der Waals surface area contributed by atoms with Gasteiger partial charge >= 0.3 is 9.05 Å². The lowest BCUT2D eigenvalue weighted by atomic mass is 10.7. The maximum atomic E-state index is 6.08. The molecule has 0 saturated carbocycles. The van der Waals surface area contributed by atoms with Gasteiger partial charge in [-0.05, 0) is 55.4 Å². The van der Waals surface area contributed by atoms with Crippen LogP contribution in [0.5, 0.6) is 0 Å². The predicted octanol–water partition coefficient (Wildman–Crippen LogP) is 2.91. The minimum atomic E-state index is -4.09. The number of hydrogen-bond acceptors (Lipinski definition) is 12. The van der Waals surface area contributed by atoms with Crippen molar-refractivity contribution in [2.24, 2.45) is 0 Å². The molecule has 0 aliphatic carbocycles. The molecule has 33 heavy (non-hydrogen) atoms. The Labute approximate surface area is 199 Å². The molecule has 0 heterocycles. The van der Waals surface area contributed by atoms with Gasteiger partial charge in [0.05, 0.1) is 0 Å². The van der Waals surface area contributed by atoms with Crippen molar-refractivity contribution in [1.29, 1.82) is 0 Å². The SMILES string of the molecule is COC(C)OC(C)O[Si](OC(C)OC(C)OC)(OC(C)OC(C)OC)OC(C)OC(C)OC. The lowest BCUT2D eigenvalue weighted by Gasteiger charge is -2.37. The molecule has 13 heteroatoms. The Morgan fingerprint density at radius 1 is 0.333 bits per heavy atom. The summed E-state index contributed by atoms with van der Waals surface area (Å²) in [6.45, 7) is 13.5. The van der Waals surface area contributed by atoms with Crippen LogP contribution in [0.15, 0.2) is 0 Å². The highest BCUT2D eigenvalue weighted by Crippen LogP contribution is 2.24. The van der Waals surface area contributed by atoms with Crippen LogP contribution >= 0.6 is 0 Å². The summed E-state index contributed by atoms with van der Waals surface area (Å²) in [4.78, 5) is 0. The van der Waals surface area contributed by atoms with E-state index in [1.165, 1.54) is 28.4 Å². The van der Waals surface area contributed by atoms with Crippen LogP contribution < -0.4 is 0 Å². The number of rotatable bonds is 20. The number of methoxy groups -OCH3 is 4. The van der Waals surface area contributed by atoms with E-state index in [0.717, 1.165) is 0 Å². The third kappa shape index (κ3) is 14.7. The molecule has 8 unspecified atom stereocenters. The van der Waals surface area contributed by atoms with E-state index in [-0.39, 0.29) is 0 Å². The van der Waals surface area contributed by atoms with E-state index in [2.05, 4.69) is 0 Å². The van der Waals surface area contributed by atoms with E-state index in [1.807, 2.05) is 0 Å². The summed E-state index contributed by atoms with van der Waals surface area (Å²) in [5, 5.41) is 0. The zero-order chi connectivity index (χ0) is 25.6. The Morgan fingerprint density at radius 2 is 0.515 bits per heavy atom. The summed E-state index contributed by atoms with van der Waals surface area (Å²) in [5.74, 6) is 0. The van der Waals surface area contributed by atoms with Gasteiger partial charge in [0.1, 0.15) is 0 Å². The molecule has 8 atom stereocenters. The average Bonchev–Trinajstić information content (AvgIpc) is 2.72. The summed E-state index contributed by atoms with van der Waals surface area (Å²) in [5.41, 5.74) is 0. The van der Waals surface area contributed by atoms with E-state index in [0.29, 0.717) is 0 Å². The third-order valence-corrected chi connectivity index (χ3v) is 6.58. The van der Waals surface area contributed by atoms with Gasteiger partial charge in [-0.25, -0.2) is 0 Å². The second kappa shape index (κ2) is 17.2. The van der Waals surface area contributed by atoms with Crippen molar-refractivity contribution in [2.75, 3.05) is 28.4 Å². The van der Waals surface area contributed by atoms with Gasteiger partial charge in [-0.2, -0.15) is 0 Å². The molecule has 0 aliphatic heterocycles. The summed E-state index contributed by atoms with van der Waals surface area (Å²) >= 11 is 0. The fraction of sp³-hybridized carbons (Fsp3) is 1.00. The third-order valence-electron chi connectivity index (χ3n) is 4.10. The molecule has 0 bridgehead atoms. The first-order chi connectivity index (χ1) is 15.4. The average molecular weight is 505 g/mol. The van der Waals surface area contributed by atoms with E-state index in [9.17, 15) is 0 Å². The number of ether oxygens (including phenoxy) is 8. The van der Waals surface area contributed by atoms with Crippen LogP contribution in [0.2, 0.25) is 0 Å². The van der Waals surface area contributed by atoms with Crippen LogP contribution in [-0.4, -0.2) is 87.8 Å². The van der Waals surface area contributed by atoms with E-state index >= 15 is 0 Å². The lowest BCUT2D eigenvalue weighted by molar-refractivity contribution is -0.288. The van der Waals surface area contributed by atoms with Crippen LogP contribution in [0, 0.1) is 0 Å². The van der Waals surface area contributed by atoms with Gasteiger partial charge < -0.3 is 55.6 Å². The molecule has 12 nitrogen and oxygen atoms in total. The number of hydrogen-bond donors (Lipinski definition) is 0. The largest absolute Gasteiger partial charge is 0.687 e. The minimum absolute atomic E-state index is 0.557. The molecule has 0 amide bonds. The second-order valence-electron chi connectivity index (χ2n) is 7.00. The van der Waals surface area contributed by atoms with Crippen LogP contribution in [0.3, 0.4) is 0 Å². The van der Waals surface area contributed by atoms with Crippen molar-refractivity contribution >= 4 is 9.05 Å². The fourth-order valence-electron chi connectivity index (χ4n) is 2.39. The molecule has 0 rings (SSSR count). The predicted molar refractivity (Wildman–Crippen MR) is 118 cm³/mol. The highest BCUT2D eigenvalue weighted by Gasteiger charge is 2.53. The quantitative estimate of drug-likeness (QED) is 0.179. The molecular weight excluding hydrogens is 460 g/mol. The molecule has 0 N–H and O–H groups in total. The van der Waals surface area contributed by atoms with Gasteiger partial charge in [0.15, 0.2) is 50.3 Å². The van der Waals surface area contributed by atoms with Gasteiger partial charge in [0, 0.05) is 28.4 Å². The van der Waals surface area contributed by atoms with Crippen molar-refractivity contribution < 1.29 is 55.6 Å². The summed E-state index contributed by atoms with van der Waals surface area (Å²) in [7, 11) is 1.96. The molecule has 0 spiro atoms. The van der Waals surface area contributed by atoms with E-state index in [1.54, 1.807) is 55.4 Å². The van der Waals surface area contributed by atoms with Gasteiger partial charge in [-0.1, -0.05) is 0 Å². The molecular formula is C20H44O12Si. The Kier molecular flexibility index (Phi) is 17.1. The molecule has 0 aliphatic rings. The maximum absolute atomic E-state index is 6.08. The van der Waals surface area contributed by atoms with Gasteiger partial charge in [-0.3, -0.25) is 0 Å².